The fourth-order valence-corrected chi connectivity index (χ4v) is 1.81. The molecule has 1 atom stereocenters. The van der Waals surface area contributed by atoms with Crippen LogP contribution in [0.25, 0.3) is 0 Å². The highest BCUT2D eigenvalue weighted by Gasteiger charge is 2.54. The molecule has 8 heteroatoms. The number of rotatable bonds is 2. The zero-order chi connectivity index (χ0) is 14.1. The number of anilines is 1. The molecule has 1 aromatic carbocycles. The summed E-state index contributed by atoms with van der Waals surface area (Å²) in [4.78, 5) is 11.6. The number of hydrogen-bond acceptors (Lipinski definition) is 2. The van der Waals surface area contributed by atoms with Crippen LogP contribution in [0, 0.1) is 3.57 Å². The van der Waals surface area contributed by atoms with Crippen molar-refractivity contribution in [3.05, 3.63) is 26.2 Å². The summed E-state index contributed by atoms with van der Waals surface area (Å²) in [6.45, 7) is 0.629. The van der Waals surface area contributed by atoms with Crippen LogP contribution in [0.15, 0.2) is 22.7 Å². The van der Waals surface area contributed by atoms with E-state index in [0.29, 0.717) is 11.4 Å². The topological polar surface area (TPSA) is 55.1 Å². The molecular weight excluding hydrogens is 428 g/mol. The van der Waals surface area contributed by atoms with Gasteiger partial charge in [0.15, 0.2) is 5.54 Å². The SMILES string of the molecule is CC(N)(C(=O)Nc1cc(I)ccc1Br)C(F)(F)F. The van der Waals surface area contributed by atoms with Crippen molar-refractivity contribution in [2.45, 2.75) is 18.6 Å². The number of benzene rings is 1. The second-order valence-corrected chi connectivity index (χ2v) is 5.88. The summed E-state index contributed by atoms with van der Waals surface area (Å²) in [5, 5.41) is 2.16. The van der Waals surface area contributed by atoms with Crippen LogP contribution >= 0.6 is 38.5 Å². The Bertz CT molecular complexity index is 477. The predicted octanol–water partition coefficient (Wildman–Crippen LogP) is 3.27. The largest absolute Gasteiger partial charge is 0.415 e. The number of nitrogens with one attached hydrogen (secondary N) is 1. The minimum Gasteiger partial charge on any atom is -0.323 e. The van der Waals surface area contributed by atoms with E-state index in [9.17, 15) is 18.0 Å². The molecule has 0 radical (unpaired) electrons. The lowest BCUT2D eigenvalue weighted by Crippen LogP contribution is -2.59. The van der Waals surface area contributed by atoms with E-state index in [0.717, 1.165) is 3.57 Å². The van der Waals surface area contributed by atoms with Gasteiger partial charge in [0, 0.05) is 8.04 Å². The molecule has 3 N–H and O–H groups in total. The summed E-state index contributed by atoms with van der Waals surface area (Å²) in [7, 11) is 0. The minimum absolute atomic E-state index is 0.243. The van der Waals surface area contributed by atoms with Gasteiger partial charge in [-0.1, -0.05) is 0 Å². The van der Waals surface area contributed by atoms with E-state index in [1.54, 1.807) is 12.1 Å². The number of halogens is 5. The van der Waals surface area contributed by atoms with Gasteiger partial charge in [-0.2, -0.15) is 13.2 Å². The number of nitrogens with two attached hydrogens (primary N) is 1. The van der Waals surface area contributed by atoms with E-state index in [4.69, 9.17) is 5.73 Å². The van der Waals surface area contributed by atoms with Gasteiger partial charge < -0.3 is 11.1 Å². The van der Waals surface area contributed by atoms with Crippen LogP contribution in [0.3, 0.4) is 0 Å². The van der Waals surface area contributed by atoms with Gasteiger partial charge in [0.25, 0.3) is 5.91 Å². The molecule has 0 spiro atoms. The van der Waals surface area contributed by atoms with Gasteiger partial charge in [-0.05, 0) is 63.6 Å². The van der Waals surface area contributed by atoms with Crippen molar-refractivity contribution in [1.82, 2.24) is 0 Å². The lowest BCUT2D eigenvalue weighted by Gasteiger charge is -2.26. The highest BCUT2D eigenvalue weighted by molar-refractivity contribution is 14.1. The number of carbonyl (C=O) groups is 1. The van der Waals surface area contributed by atoms with Gasteiger partial charge in [0.1, 0.15) is 0 Å². The normalized spacial score (nSPS) is 15.1. The maximum Gasteiger partial charge on any atom is 0.415 e. The Balaban J connectivity index is 2.98. The van der Waals surface area contributed by atoms with Crippen molar-refractivity contribution >= 4 is 50.1 Å². The first-order valence-electron chi connectivity index (χ1n) is 4.68. The fourth-order valence-electron chi connectivity index (χ4n) is 0.974. The molecule has 0 saturated heterocycles. The Labute approximate surface area is 124 Å². The fraction of sp³-hybridized carbons (Fsp3) is 0.300. The zero-order valence-electron chi connectivity index (χ0n) is 9.11. The van der Waals surface area contributed by atoms with Crippen LogP contribution in [-0.4, -0.2) is 17.6 Å². The summed E-state index contributed by atoms with van der Waals surface area (Å²) >= 11 is 5.12. The lowest BCUT2D eigenvalue weighted by atomic mass is 10.0. The summed E-state index contributed by atoms with van der Waals surface area (Å²) in [6, 6.07) is 4.90. The minimum atomic E-state index is -4.81. The highest BCUT2D eigenvalue weighted by Crippen LogP contribution is 2.31. The summed E-state index contributed by atoms with van der Waals surface area (Å²) < 4.78 is 39.0. The molecule has 1 amide bonds. The monoisotopic (exact) mass is 436 g/mol. The summed E-state index contributed by atoms with van der Waals surface area (Å²) in [6.07, 6.45) is -4.81. The molecular formula is C10H9BrF3IN2O. The molecule has 0 aliphatic carbocycles. The van der Waals surface area contributed by atoms with Crippen molar-refractivity contribution in [3.8, 4) is 0 Å². The Kier molecular flexibility index (Phi) is 4.65. The molecule has 3 nitrogen and oxygen atoms in total. The zero-order valence-corrected chi connectivity index (χ0v) is 12.9. The van der Waals surface area contributed by atoms with E-state index in [2.05, 4.69) is 21.2 Å². The van der Waals surface area contributed by atoms with Crippen LogP contribution in [0.2, 0.25) is 0 Å². The van der Waals surface area contributed by atoms with Gasteiger partial charge in [-0.25, -0.2) is 0 Å². The van der Waals surface area contributed by atoms with E-state index < -0.39 is 17.6 Å². The van der Waals surface area contributed by atoms with Crippen LogP contribution in [0.4, 0.5) is 18.9 Å². The first-order chi connectivity index (χ1) is 8.05. The van der Waals surface area contributed by atoms with Crippen LogP contribution < -0.4 is 11.1 Å². The molecule has 0 aliphatic rings. The predicted molar refractivity (Wildman–Crippen MR) is 74.1 cm³/mol. The van der Waals surface area contributed by atoms with Gasteiger partial charge in [-0.15, -0.1) is 0 Å². The third-order valence-corrected chi connectivity index (χ3v) is 3.60. The second kappa shape index (κ2) is 5.33. The maximum atomic E-state index is 12.6. The average molecular weight is 437 g/mol. The van der Waals surface area contributed by atoms with Crippen molar-refractivity contribution < 1.29 is 18.0 Å². The first-order valence-corrected chi connectivity index (χ1v) is 6.55. The van der Waals surface area contributed by atoms with E-state index in [-0.39, 0.29) is 5.69 Å². The molecule has 1 unspecified atom stereocenters. The van der Waals surface area contributed by atoms with Crippen molar-refractivity contribution in [2.24, 2.45) is 5.73 Å². The molecule has 18 heavy (non-hydrogen) atoms. The van der Waals surface area contributed by atoms with Crippen LogP contribution in [-0.2, 0) is 4.79 Å². The second-order valence-electron chi connectivity index (χ2n) is 3.78. The highest BCUT2D eigenvalue weighted by atomic mass is 127. The third kappa shape index (κ3) is 3.35. The Morgan fingerprint density at radius 3 is 2.50 bits per heavy atom. The molecule has 1 aromatic rings. The maximum absolute atomic E-state index is 12.6. The number of hydrogen-bond donors (Lipinski definition) is 2. The molecule has 0 fully saturated rings. The van der Waals surface area contributed by atoms with Gasteiger partial charge >= 0.3 is 6.18 Å². The quantitative estimate of drug-likeness (QED) is 0.699. The molecule has 0 bridgehead atoms. The Morgan fingerprint density at radius 2 is 2.00 bits per heavy atom. The van der Waals surface area contributed by atoms with Crippen LogP contribution in [0.5, 0.6) is 0 Å². The smallest absolute Gasteiger partial charge is 0.323 e. The standard InChI is InChI=1S/C10H9BrF3IN2O/c1-9(16,10(12,13)14)8(18)17-7-4-5(15)2-3-6(7)11/h2-4H,16H2,1H3,(H,17,18). The molecule has 0 saturated carbocycles. The molecule has 0 aliphatic heterocycles. The lowest BCUT2D eigenvalue weighted by molar-refractivity contribution is -0.184. The number of carbonyl (C=O) groups excluding carboxylic acids is 1. The average Bonchev–Trinajstić information content (AvgIpc) is 2.21. The van der Waals surface area contributed by atoms with Gasteiger partial charge in [0.05, 0.1) is 5.69 Å². The molecule has 0 heterocycles. The molecule has 0 aromatic heterocycles. The third-order valence-electron chi connectivity index (χ3n) is 2.24. The van der Waals surface area contributed by atoms with Crippen molar-refractivity contribution in [3.63, 3.8) is 0 Å². The van der Waals surface area contributed by atoms with Gasteiger partial charge in [0.2, 0.25) is 0 Å². The van der Waals surface area contributed by atoms with E-state index in [1.807, 2.05) is 22.6 Å². The number of amides is 1. The van der Waals surface area contributed by atoms with Crippen molar-refractivity contribution in [2.75, 3.05) is 5.32 Å². The Hall–Kier alpha value is -0.350. The van der Waals surface area contributed by atoms with Gasteiger partial charge in [-0.3, -0.25) is 4.79 Å². The molecule has 100 valence electrons. The van der Waals surface area contributed by atoms with Crippen molar-refractivity contribution in [1.29, 1.82) is 0 Å². The molecule has 1 rings (SSSR count). The first kappa shape index (κ1) is 15.7. The van der Waals surface area contributed by atoms with E-state index in [1.165, 1.54) is 6.07 Å². The summed E-state index contributed by atoms with van der Waals surface area (Å²) in [5.41, 5.74) is 2.33. The van der Waals surface area contributed by atoms with E-state index >= 15 is 0 Å². The number of alkyl halides is 3. The summed E-state index contributed by atoms with van der Waals surface area (Å²) in [5.74, 6) is -1.31. The Morgan fingerprint density at radius 1 is 1.44 bits per heavy atom. The van der Waals surface area contributed by atoms with Crippen LogP contribution in [0.1, 0.15) is 6.92 Å².